The van der Waals surface area contributed by atoms with Crippen molar-refractivity contribution in [3.63, 3.8) is 0 Å². The molecule has 0 aliphatic carbocycles. The van der Waals surface area contributed by atoms with Crippen molar-refractivity contribution in [2.24, 2.45) is 0 Å². The normalized spacial score (nSPS) is 11.3. The molecule has 2 N–H and O–H groups in total. The highest BCUT2D eigenvalue weighted by molar-refractivity contribution is 7.89. The van der Waals surface area contributed by atoms with Gasteiger partial charge in [-0.1, -0.05) is 84.9 Å². The number of nitrogens with zero attached hydrogens (tertiary/aromatic N) is 6. The Kier molecular flexibility index (Phi) is 16.9. The second kappa shape index (κ2) is 23.7. The first kappa shape index (κ1) is 49.7. The van der Waals surface area contributed by atoms with Crippen LogP contribution in [0, 0.1) is 0 Å². The molecule has 4 aromatic heterocycles. The van der Waals surface area contributed by atoms with E-state index in [-0.39, 0.29) is 36.0 Å². The van der Waals surface area contributed by atoms with Gasteiger partial charge in [-0.05, 0) is 100 Å². The van der Waals surface area contributed by atoms with Crippen LogP contribution < -0.4 is 9.47 Å². The number of hydrogen-bond donors (Lipinski definition) is 2. The Balaban J connectivity index is 0.000000206. The van der Waals surface area contributed by atoms with Crippen LogP contribution in [0.3, 0.4) is 0 Å². The number of aliphatic carboxylic acids is 2. The van der Waals surface area contributed by atoms with Gasteiger partial charge in [0.15, 0.2) is 13.2 Å². The maximum absolute atomic E-state index is 13.5. The van der Waals surface area contributed by atoms with Gasteiger partial charge >= 0.3 is 11.9 Å². The zero-order valence-electron chi connectivity index (χ0n) is 37.4. The SMILES string of the molecule is O=C(O)COc1cccc(CN(Cc2ccc(-c3ccccn3)cc2)S(=O)(=O)c2cccnc2)c1.O=C(O)COc1cccc(CN(Cc2ccc(-c3cccnc3)cc2)S(=O)(=O)c2cccnc2)c1. The second-order valence-electron chi connectivity index (χ2n) is 15.4. The van der Waals surface area contributed by atoms with E-state index in [0.717, 1.165) is 33.5 Å². The van der Waals surface area contributed by atoms with Gasteiger partial charge in [0, 0.05) is 75.1 Å². The van der Waals surface area contributed by atoms with Gasteiger partial charge in [0.25, 0.3) is 0 Å². The summed E-state index contributed by atoms with van der Waals surface area (Å²) >= 11 is 0. The fourth-order valence-electron chi connectivity index (χ4n) is 6.97. The number of aromatic nitrogens is 4. The van der Waals surface area contributed by atoms with Crippen molar-refractivity contribution in [1.82, 2.24) is 28.5 Å². The van der Waals surface area contributed by atoms with Crippen molar-refractivity contribution >= 4 is 32.0 Å². The first-order valence-electron chi connectivity index (χ1n) is 21.5. The Bertz CT molecular complexity index is 2980. The van der Waals surface area contributed by atoms with Crippen LogP contribution in [0.5, 0.6) is 11.5 Å². The molecule has 0 aliphatic heterocycles. The molecule has 18 heteroatoms. The summed E-state index contributed by atoms with van der Waals surface area (Å²) in [5.74, 6) is -1.48. The highest BCUT2D eigenvalue weighted by atomic mass is 32.2. The number of carbonyl (C=O) groups is 2. The van der Waals surface area contributed by atoms with Crippen LogP contribution in [0.1, 0.15) is 22.3 Å². The van der Waals surface area contributed by atoms with Crippen LogP contribution in [0.15, 0.2) is 205 Å². The standard InChI is InChI=1S/2C26H23N3O5S/c30-26(31)19-34-24-6-1-4-21(14-24)18-29(35(32,33)25-7-3-13-28-16-25)17-20-8-10-22(11-9-20)23-5-2-12-27-15-23;30-26(31)19-34-23-6-3-5-21(15-23)18-29(35(32,33)24-7-4-13-27-16-24)17-20-9-11-22(12-10-20)25-8-1-2-14-28-25/h2*1-16H,17-19H2,(H,30,31). The highest BCUT2D eigenvalue weighted by Crippen LogP contribution is 2.27. The number of ether oxygens (including phenoxy) is 2. The van der Waals surface area contributed by atoms with Crippen molar-refractivity contribution in [2.45, 2.75) is 36.0 Å². The molecule has 0 saturated heterocycles. The molecule has 0 aliphatic rings. The lowest BCUT2D eigenvalue weighted by molar-refractivity contribution is -0.140. The predicted octanol–water partition coefficient (Wildman–Crippen LogP) is 8.00. The molecule has 0 unspecified atom stereocenters. The maximum atomic E-state index is 13.5. The lowest BCUT2D eigenvalue weighted by atomic mass is 10.1. The molecule has 8 aromatic rings. The first-order chi connectivity index (χ1) is 33.8. The molecule has 4 aromatic carbocycles. The van der Waals surface area contributed by atoms with Crippen LogP contribution in [0.4, 0.5) is 0 Å². The molecular formula is C52H46N6O10S2. The summed E-state index contributed by atoms with van der Waals surface area (Å²) in [4.78, 5) is 38.2. The molecule has 70 heavy (non-hydrogen) atoms. The molecule has 0 fully saturated rings. The molecule has 0 atom stereocenters. The van der Waals surface area contributed by atoms with Crippen LogP contribution >= 0.6 is 0 Å². The van der Waals surface area contributed by atoms with E-state index < -0.39 is 45.2 Å². The molecule has 0 saturated carbocycles. The van der Waals surface area contributed by atoms with Gasteiger partial charge in [0.1, 0.15) is 21.3 Å². The summed E-state index contributed by atoms with van der Waals surface area (Å²) in [5, 5.41) is 17.7. The average molecular weight is 979 g/mol. The van der Waals surface area contributed by atoms with E-state index in [2.05, 4.69) is 19.9 Å². The Morgan fingerprint density at radius 3 is 1.31 bits per heavy atom. The summed E-state index contributed by atoms with van der Waals surface area (Å²) in [6, 6.07) is 44.3. The Morgan fingerprint density at radius 1 is 0.443 bits per heavy atom. The molecule has 8 rings (SSSR count). The molecule has 16 nitrogen and oxygen atoms in total. The molecule has 0 radical (unpaired) electrons. The monoisotopic (exact) mass is 978 g/mol. The summed E-state index contributed by atoms with van der Waals surface area (Å²) in [7, 11) is -7.75. The van der Waals surface area contributed by atoms with Crippen molar-refractivity contribution in [3.8, 4) is 33.9 Å². The Hall–Kier alpha value is -8.16. The largest absolute Gasteiger partial charge is 0.482 e. The average Bonchev–Trinajstić information content (AvgIpc) is 3.39. The minimum atomic E-state index is -3.87. The van der Waals surface area contributed by atoms with E-state index in [0.29, 0.717) is 22.6 Å². The van der Waals surface area contributed by atoms with Gasteiger partial charge in [0.05, 0.1) is 5.69 Å². The summed E-state index contributed by atoms with van der Waals surface area (Å²) in [5.41, 5.74) is 6.64. The lowest BCUT2D eigenvalue weighted by Gasteiger charge is -2.23. The third-order valence-corrected chi connectivity index (χ3v) is 13.9. The van der Waals surface area contributed by atoms with E-state index in [1.165, 1.54) is 45.5 Å². The van der Waals surface area contributed by atoms with Crippen molar-refractivity contribution < 1.29 is 46.1 Å². The van der Waals surface area contributed by atoms with Crippen LogP contribution in [0.2, 0.25) is 0 Å². The predicted molar refractivity (Wildman–Crippen MR) is 260 cm³/mol. The Labute approximate surface area is 405 Å². The highest BCUT2D eigenvalue weighted by Gasteiger charge is 2.27. The quantitative estimate of drug-likeness (QED) is 0.0740. The summed E-state index contributed by atoms with van der Waals surface area (Å²) in [6.45, 7) is -0.589. The molecule has 356 valence electrons. The minimum Gasteiger partial charge on any atom is -0.482 e. The van der Waals surface area contributed by atoms with E-state index >= 15 is 0 Å². The zero-order chi connectivity index (χ0) is 49.4. The van der Waals surface area contributed by atoms with Crippen molar-refractivity contribution in [1.29, 1.82) is 0 Å². The topological polar surface area (TPSA) is 219 Å². The second-order valence-corrected chi connectivity index (χ2v) is 19.3. The summed E-state index contributed by atoms with van der Waals surface area (Å²) in [6.07, 6.45) is 10.9. The van der Waals surface area contributed by atoms with Crippen LogP contribution in [0.25, 0.3) is 22.4 Å². The summed E-state index contributed by atoms with van der Waals surface area (Å²) < 4.78 is 67.2. The van der Waals surface area contributed by atoms with Crippen LogP contribution in [-0.4, -0.2) is 80.7 Å². The number of carboxylic acid groups (broad SMARTS) is 2. The third kappa shape index (κ3) is 14.0. The number of hydrogen-bond acceptors (Lipinski definition) is 12. The fraction of sp³-hybridized carbons (Fsp3) is 0.115. The molecule has 0 spiro atoms. The third-order valence-electron chi connectivity index (χ3n) is 10.4. The molecule has 0 amide bonds. The van der Waals surface area contributed by atoms with Crippen molar-refractivity contribution in [2.75, 3.05) is 13.2 Å². The number of sulfonamides is 2. The minimum absolute atomic E-state index is 0.0590. The maximum Gasteiger partial charge on any atom is 0.341 e. The van der Waals surface area contributed by atoms with Gasteiger partial charge in [-0.25, -0.2) is 26.4 Å². The van der Waals surface area contributed by atoms with Crippen molar-refractivity contribution in [3.05, 3.63) is 217 Å². The number of rotatable bonds is 20. The van der Waals surface area contributed by atoms with E-state index in [9.17, 15) is 26.4 Å². The van der Waals surface area contributed by atoms with Gasteiger partial charge in [-0.2, -0.15) is 8.61 Å². The Morgan fingerprint density at radius 2 is 0.900 bits per heavy atom. The van der Waals surface area contributed by atoms with E-state index in [1.54, 1.807) is 79.3 Å². The van der Waals surface area contributed by atoms with Gasteiger partial charge in [0.2, 0.25) is 20.0 Å². The van der Waals surface area contributed by atoms with Gasteiger partial charge in [-0.15, -0.1) is 0 Å². The zero-order valence-corrected chi connectivity index (χ0v) is 39.0. The lowest BCUT2D eigenvalue weighted by Crippen LogP contribution is -2.30. The molecular weight excluding hydrogens is 933 g/mol. The number of benzene rings is 4. The number of carboxylic acids is 2. The number of pyridine rings is 4. The fourth-order valence-corrected chi connectivity index (χ4v) is 9.73. The van der Waals surface area contributed by atoms with Gasteiger partial charge < -0.3 is 19.7 Å². The van der Waals surface area contributed by atoms with Crippen LogP contribution in [-0.2, 0) is 55.8 Å². The smallest absolute Gasteiger partial charge is 0.341 e. The van der Waals surface area contributed by atoms with Gasteiger partial charge in [-0.3, -0.25) is 19.9 Å². The van der Waals surface area contributed by atoms with E-state index in [1.807, 2.05) is 78.9 Å². The molecule has 0 bridgehead atoms. The van der Waals surface area contributed by atoms with E-state index in [4.69, 9.17) is 19.7 Å². The molecule has 4 heterocycles. The first-order valence-corrected chi connectivity index (χ1v) is 24.4.